The summed E-state index contributed by atoms with van der Waals surface area (Å²) in [6.45, 7) is 3.76. The number of hydrogen-bond donors (Lipinski definition) is 3. The molecule has 12 heteroatoms. The van der Waals surface area contributed by atoms with E-state index in [0.717, 1.165) is 4.90 Å². The molecule has 4 aromatic rings. The summed E-state index contributed by atoms with van der Waals surface area (Å²) in [4.78, 5) is 62.0. The molecule has 0 saturated heterocycles. The molecule has 3 N–H and O–H groups in total. The van der Waals surface area contributed by atoms with Crippen LogP contribution in [0, 0.1) is 10.1 Å². The van der Waals surface area contributed by atoms with Gasteiger partial charge in [0.25, 0.3) is 17.5 Å². The highest BCUT2D eigenvalue weighted by atomic mass is 32.2. The van der Waals surface area contributed by atoms with Gasteiger partial charge in [-0.2, -0.15) is 0 Å². The van der Waals surface area contributed by atoms with Gasteiger partial charge >= 0.3 is 5.97 Å². The maximum Gasteiger partial charge on any atom is 0.338 e. The lowest BCUT2D eigenvalue weighted by Crippen LogP contribution is -2.30. The van der Waals surface area contributed by atoms with Gasteiger partial charge in [-0.3, -0.25) is 24.5 Å². The molecule has 0 aliphatic carbocycles. The van der Waals surface area contributed by atoms with Gasteiger partial charge in [-0.1, -0.05) is 18.2 Å². The Balaban J connectivity index is 1.40. The van der Waals surface area contributed by atoms with Crippen LogP contribution in [-0.4, -0.2) is 40.5 Å². The summed E-state index contributed by atoms with van der Waals surface area (Å²) in [7, 11) is 0. The number of amides is 3. The second-order valence-electron chi connectivity index (χ2n) is 9.75. The summed E-state index contributed by atoms with van der Waals surface area (Å²) in [5.74, 6) is -1.78. The minimum atomic E-state index is -0.607. The summed E-state index contributed by atoms with van der Waals surface area (Å²) >= 11 is 1.32. The molecule has 0 heterocycles. The predicted octanol–water partition coefficient (Wildman–Crippen LogP) is 6.30. The quantitative estimate of drug-likeness (QED) is 0.0537. The molecule has 11 nitrogen and oxygen atoms in total. The average Bonchev–Trinajstić information content (AvgIpc) is 3.06. The van der Waals surface area contributed by atoms with E-state index in [0.29, 0.717) is 28.1 Å². The SMILES string of the molecule is CCOC(=O)c1ccc(NC(=O)C(C)Sc2ccc(NC(=O)/C(=C/c3ccc([N+](=O)[O-])cc3)NC(=O)c3ccccc3)cc2)cc1. The monoisotopic (exact) mass is 638 g/mol. The molecule has 4 rings (SSSR count). The molecule has 0 bridgehead atoms. The number of non-ortho nitro benzene ring substituents is 1. The fourth-order valence-electron chi connectivity index (χ4n) is 4.02. The maximum atomic E-state index is 13.3. The van der Waals surface area contributed by atoms with Crippen molar-refractivity contribution in [1.29, 1.82) is 0 Å². The zero-order chi connectivity index (χ0) is 33.1. The summed E-state index contributed by atoms with van der Waals surface area (Å²) in [5, 5.41) is 18.8. The molecule has 0 radical (unpaired) electrons. The molecule has 1 unspecified atom stereocenters. The number of hydrogen-bond acceptors (Lipinski definition) is 8. The lowest BCUT2D eigenvalue weighted by atomic mass is 10.1. The maximum absolute atomic E-state index is 13.3. The molecule has 46 heavy (non-hydrogen) atoms. The first-order valence-electron chi connectivity index (χ1n) is 14.1. The Kier molecular flexibility index (Phi) is 11.4. The van der Waals surface area contributed by atoms with Gasteiger partial charge in [0.15, 0.2) is 0 Å². The van der Waals surface area contributed by atoms with Crippen LogP contribution in [0.1, 0.15) is 40.1 Å². The van der Waals surface area contributed by atoms with Crippen molar-refractivity contribution in [3.05, 3.63) is 136 Å². The smallest absolute Gasteiger partial charge is 0.338 e. The summed E-state index contributed by atoms with van der Waals surface area (Å²) in [6.07, 6.45) is 1.43. The van der Waals surface area contributed by atoms with Crippen LogP contribution < -0.4 is 16.0 Å². The first-order valence-corrected chi connectivity index (χ1v) is 15.0. The fourth-order valence-corrected chi connectivity index (χ4v) is 4.89. The third-order valence-corrected chi connectivity index (χ3v) is 7.51. The first kappa shape index (κ1) is 33.1. The molecule has 0 saturated carbocycles. The average molecular weight is 639 g/mol. The van der Waals surface area contributed by atoms with Crippen LogP contribution >= 0.6 is 11.8 Å². The molecule has 0 spiro atoms. The van der Waals surface area contributed by atoms with Crippen molar-refractivity contribution in [2.75, 3.05) is 17.2 Å². The van der Waals surface area contributed by atoms with Gasteiger partial charge in [0.1, 0.15) is 5.70 Å². The minimum absolute atomic E-state index is 0.0678. The molecule has 234 valence electrons. The molecule has 0 fully saturated rings. The van der Waals surface area contributed by atoms with E-state index < -0.39 is 28.0 Å². The minimum Gasteiger partial charge on any atom is -0.462 e. The van der Waals surface area contributed by atoms with Gasteiger partial charge < -0.3 is 20.7 Å². The highest BCUT2D eigenvalue weighted by molar-refractivity contribution is 8.00. The van der Waals surface area contributed by atoms with Gasteiger partial charge in [0.2, 0.25) is 5.91 Å². The Morgan fingerprint density at radius 3 is 2.04 bits per heavy atom. The molecule has 0 aromatic heterocycles. The molecule has 4 aromatic carbocycles. The van der Waals surface area contributed by atoms with E-state index in [1.54, 1.807) is 92.7 Å². The lowest BCUT2D eigenvalue weighted by molar-refractivity contribution is -0.384. The number of nitrogens with zero attached hydrogens (tertiary/aromatic N) is 1. The summed E-state index contributed by atoms with van der Waals surface area (Å²) in [6, 6.07) is 27.2. The Morgan fingerprint density at radius 1 is 0.826 bits per heavy atom. The molecule has 0 aliphatic heterocycles. The van der Waals surface area contributed by atoms with Crippen molar-refractivity contribution in [3.8, 4) is 0 Å². The number of nitro benzene ring substituents is 1. The fraction of sp³-hybridized carbons (Fsp3) is 0.118. The molecular weight excluding hydrogens is 608 g/mol. The Hall–Kier alpha value is -5.75. The number of rotatable bonds is 12. The number of anilines is 2. The van der Waals surface area contributed by atoms with Gasteiger partial charge in [-0.15, -0.1) is 11.8 Å². The number of nitro groups is 1. The third-order valence-electron chi connectivity index (χ3n) is 6.40. The van der Waals surface area contributed by atoms with E-state index in [4.69, 9.17) is 4.74 Å². The van der Waals surface area contributed by atoms with Crippen LogP contribution in [-0.2, 0) is 14.3 Å². The van der Waals surface area contributed by atoms with E-state index in [1.807, 2.05) is 0 Å². The topological polar surface area (TPSA) is 157 Å². The largest absolute Gasteiger partial charge is 0.462 e. The number of esters is 1. The number of nitrogens with one attached hydrogen (secondary N) is 3. The van der Waals surface area contributed by atoms with E-state index in [1.165, 1.54) is 42.1 Å². The molecular formula is C34H30N4O7S. The highest BCUT2D eigenvalue weighted by Crippen LogP contribution is 2.26. The van der Waals surface area contributed by atoms with Crippen molar-refractivity contribution in [1.82, 2.24) is 5.32 Å². The van der Waals surface area contributed by atoms with Crippen LogP contribution in [0.4, 0.5) is 17.1 Å². The number of benzene rings is 4. The van der Waals surface area contributed by atoms with Crippen molar-refractivity contribution < 1.29 is 28.8 Å². The van der Waals surface area contributed by atoms with E-state index in [9.17, 15) is 29.3 Å². The Labute approximate surface area is 269 Å². The molecule has 3 amide bonds. The second kappa shape index (κ2) is 15.8. The highest BCUT2D eigenvalue weighted by Gasteiger charge is 2.18. The summed E-state index contributed by atoms with van der Waals surface area (Å²) in [5.41, 5.74) is 2.02. The number of carbonyl (C=O) groups is 4. The van der Waals surface area contributed by atoms with Crippen molar-refractivity contribution in [2.45, 2.75) is 24.0 Å². The van der Waals surface area contributed by atoms with Crippen LogP contribution in [0.2, 0.25) is 0 Å². The van der Waals surface area contributed by atoms with Crippen molar-refractivity contribution in [2.24, 2.45) is 0 Å². The number of thioether (sulfide) groups is 1. The first-order chi connectivity index (χ1) is 22.1. The van der Waals surface area contributed by atoms with Crippen LogP contribution in [0.15, 0.2) is 114 Å². The zero-order valence-electron chi connectivity index (χ0n) is 24.9. The van der Waals surface area contributed by atoms with E-state index >= 15 is 0 Å². The van der Waals surface area contributed by atoms with Gasteiger partial charge in [0, 0.05) is 34.0 Å². The standard InChI is InChI=1S/C34H30N4O7S/c1-3-45-34(42)25-11-13-26(14-12-25)35-31(39)22(2)46-29-19-15-27(16-20-29)36-33(41)30(37-32(40)24-7-5-4-6-8-24)21-23-9-17-28(18-10-23)38(43)44/h4-22H,3H2,1-2H3,(H,35,39)(H,36,41)(H,37,40)/b30-21-. The number of carbonyl (C=O) groups excluding carboxylic acids is 4. The lowest BCUT2D eigenvalue weighted by Gasteiger charge is -2.14. The van der Waals surface area contributed by atoms with Crippen LogP contribution in [0.25, 0.3) is 6.08 Å². The van der Waals surface area contributed by atoms with Crippen LogP contribution in [0.3, 0.4) is 0 Å². The third kappa shape index (κ3) is 9.37. The van der Waals surface area contributed by atoms with Gasteiger partial charge in [-0.05, 0) is 98.3 Å². The Morgan fingerprint density at radius 2 is 1.43 bits per heavy atom. The Bertz CT molecular complexity index is 1740. The van der Waals surface area contributed by atoms with Crippen molar-refractivity contribution in [3.63, 3.8) is 0 Å². The van der Waals surface area contributed by atoms with Crippen LogP contribution in [0.5, 0.6) is 0 Å². The predicted molar refractivity (Wildman–Crippen MR) is 176 cm³/mol. The van der Waals surface area contributed by atoms with E-state index in [2.05, 4.69) is 16.0 Å². The van der Waals surface area contributed by atoms with Gasteiger partial charge in [0.05, 0.1) is 22.3 Å². The van der Waals surface area contributed by atoms with E-state index in [-0.39, 0.29) is 23.9 Å². The zero-order valence-corrected chi connectivity index (χ0v) is 25.7. The number of ether oxygens (including phenoxy) is 1. The molecule has 0 aliphatic rings. The van der Waals surface area contributed by atoms with Crippen molar-refractivity contribution >= 4 is 58.6 Å². The van der Waals surface area contributed by atoms with Gasteiger partial charge in [-0.25, -0.2) is 4.79 Å². The molecule has 1 atom stereocenters. The summed E-state index contributed by atoms with van der Waals surface area (Å²) < 4.78 is 4.97. The normalized spacial score (nSPS) is 11.6. The second-order valence-corrected chi connectivity index (χ2v) is 11.2.